The van der Waals surface area contributed by atoms with Crippen LogP contribution in [0.1, 0.15) is 0 Å². The van der Waals surface area contributed by atoms with Gasteiger partial charge in [-0.2, -0.15) is 0 Å². The van der Waals surface area contributed by atoms with Crippen molar-refractivity contribution in [2.45, 2.75) is 5.03 Å². The van der Waals surface area contributed by atoms with E-state index in [9.17, 15) is 8.42 Å². The van der Waals surface area contributed by atoms with Crippen molar-refractivity contribution in [2.24, 2.45) is 0 Å². The predicted octanol–water partition coefficient (Wildman–Crippen LogP) is 1.21. The Kier molecular flexibility index (Phi) is 1.98. The molecule has 0 fully saturated rings. The van der Waals surface area contributed by atoms with Gasteiger partial charge in [-0.1, -0.05) is 24.3 Å². The number of aromatic nitrogens is 1. The highest BCUT2D eigenvalue weighted by Crippen LogP contribution is 2.16. The third-order valence-electron chi connectivity index (χ3n) is 1.83. The van der Waals surface area contributed by atoms with Crippen molar-refractivity contribution in [2.75, 3.05) is 0 Å². The van der Waals surface area contributed by atoms with E-state index >= 15 is 0 Å². The van der Waals surface area contributed by atoms with Crippen LogP contribution in [-0.4, -0.2) is 13.4 Å². The summed E-state index contributed by atoms with van der Waals surface area (Å²) in [5.41, 5.74) is 0. The van der Waals surface area contributed by atoms with Crippen LogP contribution in [0.4, 0.5) is 0 Å². The maximum Gasteiger partial charge on any atom is 0.186 e. The number of hydrogen-bond acceptors (Lipinski definition) is 3. The molecule has 0 spiro atoms. The van der Waals surface area contributed by atoms with E-state index in [2.05, 4.69) is 4.98 Å². The Morgan fingerprint density at radius 1 is 1.08 bits per heavy atom. The predicted molar refractivity (Wildman–Crippen MR) is 50.3 cm³/mol. The lowest BCUT2D eigenvalue weighted by Crippen LogP contribution is -1.87. The molecular weight excluding hydrogens is 186 g/mol. The second kappa shape index (κ2) is 3.14. The molecule has 0 saturated carbocycles. The summed E-state index contributed by atoms with van der Waals surface area (Å²) < 4.78 is 21.6. The van der Waals surface area contributed by atoms with Crippen LogP contribution in [0.2, 0.25) is 0 Å². The zero-order chi connectivity index (χ0) is 9.26. The SMILES string of the molecule is O=[SH](=O)c1nccc2ccccc12. The van der Waals surface area contributed by atoms with Gasteiger partial charge in [0.15, 0.2) is 15.7 Å². The first kappa shape index (κ1) is 8.19. The molecule has 0 aliphatic rings. The molecule has 0 aliphatic heterocycles. The lowest BCUT2D eigenvalue weighted by atomic mass is 10.2. The number of benzene rings is 1. The number of hydrogen-bond donors (Lipinski definition) is 1. The van der Waals surface area contributed by atoms with E-state index < -0.39 is 10.7 Å². The number of thiol groups is 1. The van der Waals surface area contributed by atoms with Crippen molar-refractivity contribution < 1.29 is 8.42 Å². The second-order valence-corrected chi connectivity index (χ2v) is 3.55. The molecule has 1 heterocycles. The van der Waals surface area contributed by atoms with Crippen molar-refractivity contribution in [3.8, 4) is 0 Å². The number of fused-ring (bicyclic) bond motifs is 1. The average molecular weight is 193 g/mol. The third kappa shape index (κ3) is 1.40. The minimum absolute atomic E-state index is 0.146. The summed E-state index contributed by atoms with van der Waals surface area (Å²) in [5, 5.41) is 1.72. The molecule has 13 heavy (non-hydrogen) atoms. The molecular formula is C9H7NO2S. The maximum absolute atomic E-state index is 10.8. The van der Waals surface area contributed by atoms with Gasteiger partial charge in [-0.05, 0) is 11.5 Å². The molecule has 1 aromatic carbocycles. The van der Waals surface area contributed by atoms with Gasteiger partial charge in [0.2, 0.25) is 0 Å². The summed E-state index contributed by atoms with van der Waals surface area (Å²) in [6, 6.07) is 9.07. The van der Waals surface area contributed by atoms with Crippen molar-refractivity contribution in [1.82, 2.24) is 4.98 Å². The summed E-state index contributed by atoms with van der Waals surface area (Å²) in [4.78, 5) is 3.81. The fourth-order valence-electron chi connectivity index (χ4n) is 1.25. The Balaban J connectivity index is 2.91. The van der Waals surface area contributed by atoms with Gasteiger partial charge in [-0.3, -0.25) is 0 Å². The lowest BCUT2D eigenvalue weighted by Gasteiger charge is -1.97. The molecule has 66 valence electrons. The Labute approximate surface area is 77.0 Å². The van der Waals surface area contributed by atoms with Crippen LogP contribution in [-0.2, 0) is 10.7 Å². The van der Waals surface area contributed by atoms with Crippen LogP contribution in [0, 0.1) is 0 Å². The fourth-order valence-corrected chi connectivity index (χ4v) is 1.81. The quantitative estimate of drug-likeness (QED) is 0.692. The monoisotopic (exact) mass is 193 g/mol. The second-order valence-electron chi connectivity index (χ2n) is 2.61. The normalized spacial score (nSPS) is 10.8. The first-order chi connectivity index (χ1) is 6.29. The highest BCUT2D eigenvalue weighted by molar-refractivity contribution is 7.72. The Morgan fingerprint density at radius 3 is 2.62 bits per heavy atom. The molecule has 0 aliphatic carbocycles. The number of pyridine rings is 1. The Morgan fingerprint density at radius 2 is 1.85 bits per heavy atom. The van der Waals surface area contributed by atoms with Crippen molar-refractivity contribution in [1.29, 1.82) is 0 Å². The van der Waals surface area contributed by atoms with Crippen molar-refractivity contribution >= 4 is 21.5 Å². The van der Waals surface area contributed by atoms with Gasteiger partial charge in [0, 0.05) is 11.6 Å². The molecule has 0 amide bonds. The van der Waals surface area contributed by atoms with Gasteiger partial charge in [-0.15, -0.1) is 0 Å². The van der Waals surface area contributed by atoms with E-state index in [-0.39, 0.29) is 5.03 Å². The van der Waals surface area contributed by atoms with Crippen LogP contribution >= 0.6 is 0 Å². The van der Waals surface area contributed by atoms with Gasteiger partial charge in [0.25, 0.3) is 0 Å². The first-order valence-electron chi connectivity index (χ1n) is 3.77. The molecule has 0 unspecified atom stereocenters. The maximum atomic E-state index is 10.8. The van der Waals surface area contributed by atoms with Gasteiger partial charge < -0.3 is 0 Å². The standard InChI is InChI=1S/C9H7NO2S/c11-13(12)9-8-4-2-1-3-7(8)5-6-10-9/h1-6,13H. The lowest BCUT2D eigenvalue weighted by molar-refractivity contribution is 0.612. The Hall–Kier alpha value is -1.42. The van der Waals surface area contributed by atoms with Crippen LogP contribution in [0.15, 0.2) is 41.6 Å². The van der Waals surface area contributed by atoms with E-state index in [0.29, 0.717) is 5.39 Å². The van der Waals surface area contributed by atoms with Crippen LogP contribution < -0.4 is 0 Å². The zero-order valence-electron chi connectivity index (χ0n) is 6.68. The molecule has 2 rings (SSSR count). The molecule has 0 atom stereocenters. The van der Waals surface area contributed by atoms with Gasteiger partial charge >= 0.3 is 0 Å². The molecule has 2 aromatic rings. The summed E-state index contributed by atoms with van der Waals surface area (Å²) in [6.07, 6.45) is 1.50. The summed E-state index contributed by atoms with van der Waals surface area (Å²) in [6.45, 7) is 0. The first-order valence-corrected chi connectivity index (χ1v) is 4.95. The zero-order valence-corrected chi connectivity index (χ0v) is 7.57. The minimum Gasteiger partial charge on any atom is -0.244 e. The van der Waals surface area contributed by atoms with E-state index in [0.717, 1.165) is 5.39 Å². The van der Waals surface area contributed by atoms with Crippen LogP contribution in [0.3, 0.4) is 0 Å². The molecule has 3 nitrogen and oxygen atoms in total. The van der Waals surface area contributed by atoms with E-state index in [1.54, 1.807) is 18.2 Å². The Bertz CT molecular complexity index is 507. The summed E-state index contributed by atoms with van der Waals surface area (Å²) >= 11 is 0. The van der Waals surface area contributed by atoms with Crippen LogP contribution in [0.5, 0.6) is 0 Å². The van der Waals surface area contributed by atoms with Crippen LogP contribution in [0.25, 0.3) is 10.8 Å². The molecule has 4 heteroatoms. The average Bonchev–Trinajstić information content (AvgIpc) is 2.17. The summed E-state index contributed by atoms with van der Waals surface area (Å²) in [7, 11) is -2.61. The largest absolute Gasteiger partial charge is 0.244 e. The van der Waals surface area contributed by atoms with Gasteiger partial charge in [-0.25, -0.2) is 13.4 Å². The van der Waals surface area contributed by atoms with E-state index in [4.69, 9.17) is 0 Å². The number of nitrogens with zero attached hydrogens (tertiary/aromatic N) is 1. The highest BCUT2D eigenvalue weighted by atomic mass is 32.2. The van der Waals surface area contributed by atoms with Crippen molar-refractivity contribution in [3.05, 3.63) is 36.5 Å². The smallest absolute Gasteiger partial charge is 0.186 e. The van der Waals surface area contributed by atoms with E-state index in [1.807, 2.05) is 12.1 Å². The van der Waals surface area contributed by atoms with Gasteiger partial charge in [0.1, 0.15) is 0 Å². The molecule has 0 bridgehead atoms. The molecule has 0 N–H and O–H groups in total. The number of rotatable bonds is 1. The third-order valence-corrected chi connectivity index (χ3v) is 2.53. The van der Waals surface area contributed by atoms with Crippen molar-refractivity contribution in [3.63, 3.8) is 0 Å². The molecule has 0 saturated heterocycles. The summed E-state index contributed by atoms with van der Waals surface area (Å²) in [5.74, 6) is 0. The van der Waals surface area contributed by atoms with Gasteiger partial charge in [0.05, 0.1) is 0 Å². The minimum atomic E-state index is -2.61. The fraction of sp³-hybridized carbons (Fsp3) is 0. The topological polar surface area (TPSA) is 47.0 Å². The molecule has 0 radical (unpaired) electrons. The highest BCUT2D eigenvalue weighted by Gasteiger charge is 2.02. The molecule has 1 aromatic heterocycles. The van der Waals surface area contributed by atoms with E-state index in [1.165, 1.54) is 6.20 Å².